The number of hydrogen-bond acceptors (Lipinski definition) is 3. The van der Waals surface area contributed by atoms with Gasteiger partial charge in [0.2, 0.25) is 0 Å². The Balaban J connectivity index is 1.87. The van der Waals surface area contributed by atoms with E-state index in [1.54, 1.807) is 18.2 Å². The van der Waals surface area contributed by atoms with Gasteiger partial charge in [-0.25, -0.2) is 0 Å². The maximum Gasteiger partial charge on any atom is 0.276 e. The summed E-state index contributed by atoms with van der Waals surface area (Å²) >= 11 is 11.8. The number of rotatable bonds is 5. The Labute approximate surface area is 149 Å². The van der Waals surface area contributed by atoms with Crippen LogP contribution >= 0.6 is 23.2 Å². The summed E-state index contributed by atoms with van der Waals surface area (Å²) in [4.78, 5) is 23.8. The Hall–Kier alpha value is -2.24. The van der Waals surface area contributed by atoms with E-state index in [2.05, 4.69) is 10.9 Å². The number of ether oxygens (including phenoxy) is 1. The highest BCUT2D eigenvalue weighted by Gasteiger charge is 2.13. The summed E-state index contributed by atoms with van der Waals surface area (Å²) in [6.45, 7) is 1.78. The highest BCUT2D eigenvalue weighted by atomic mass is 35.5. The number of amides is 2. The molecule has 0 unspecified atom stereocenters. The van der Waals surface area contributed by atoms with Crippen LogP contribution in [-0.4, -0.2) is 18.4 Å². The van der Waals surface area contributed by atoms with Crippen LogP contribution in [0.1, 0.15) is 22.8 Å². The van der Waals surface area contributed by atoms with Crippen LogP contribution in [0.25, 0.3) is 0 Å². The van der Waals surface area contributed by atoms with Gasteiger partial charge in [-0.2, -0.15) is 0 Å². The topological polar surface area (TPSA) is 67.4 Å². The van der Waals surface area contributed by atoms with Crippen molar-refractivity contribution in [3.8, 4) is 5.75 Å². The van der Waals surface area contributed by atoms with E-state index in [4.69, 9.17) is 27.9 Å². The van der Waals surface area contributed by atoms with Crippen molar-refractivity contribution in [2.24, 2.45) is 0 Å². The highest BCUT2D eigenvalue weighted by Crippen LogP contribution is 2.25. The molecule has 2 aromatic carbocycles. The lowest BCUT2D eigenvalue weighted by molar-refractivity contribution is -0.123. The molecule has 0 radical (unpaired) electrons. The van der Waals surface area contributed by atoms with Gasteiger partial charge in [0.1, 0.15) is 5.75 Å². The average molecular weight is 367 g/mol. The molecule has 0 aliphatic carbocycles. The molecule has 0 spiro atoms. The lowest BCUT2D eigenvalue weighted by Crippen LogP contribution is -2.44. The van der Waals surface area contributed by atoms with Crippen molar-refractivity contribution in [2.45, 2.75) is 13.3 Å². The SMILES string of the molecule is CCc1ccccc1OCC(=O)NNC(=O)c1cccc(Cl)c1Cl. The maximum absolute atomic E-state index is 12.0. The quantitative estimate of drug-likeness (QED) is 0.796. The number of para-hydroxylation sites is 1. The van der Waals surface area contributed by atoms with Crippen molar-refractivity contribution in [1.29, 1.82) is 0 Å². The highest BCUT2D eigenvalue weighted by molar-refractivity contribution is 6.43. The molecule has 0 saturated carbocycles. The first-order valence-corrected chi connectivity index (χ1v) is 8.02. The number of carbonyl (C=O) groups excluding carboxylic acids is 2. The number of aryl methyl sites for hydroxylation is 1. The zero-order valence-electron chi connectivity index (χ0n) is 12.9. The van der Waals surface area contributed by atoms with E-state index < -0.39 is 11.8 Å². The molecule has 2 aromatic rings. The van der Waals surface area contributed by atoms with Gasteiger partial charge in [0.15, 0.2) is 6.61 Å². The number of benzene rings is 2. The van der Waals surface area contributed by atoms with Gasteiger partial charge in [0, 0.05) is 0 Å². The number of carbonyl (C=O) groups is 2. The maximum atomic E-state index is 12.0. The largest absolute Gasteiger partial charge is 0.483 e. The number of hydrazine groups is 1. The molecule has 2 amide bonds. The second-order valence-corrected chi connectivity index (χ2v) is 5.64. The van der Waals surface area contributed by atoms with Crippen molar-refractivity contribution in [3.63, 3.8) is 0 Å². The van der Waals surface area contributed by atoms with Gasteiger partial charge in [0.05, 0.1) is 15.6 Å². The van der Waals surface area contributed by atoms with Gasteiger partial charge in [-0.1, -0.05) is 54.4 Å². The lowest BCUT2D eigenvalue weighted by atomic mass is 10.1. The first kappa shape index (κ1) is 18.1. The molecule has 0 aromatic heterocycles. The predicted molar refractivity (Wildman–Crippen MR) is 93.4 cm³/mol. The molecule has 5 nitrogen and oxygen atoms in total. The molecular formula is C17H16Cl2N2O3. The number of nitrogens with one attached hydrogen (secondary N) is 2. The molecule has 2 N–H and O–H groups in total. The minimum absolute atomic E-state index is 0.124. The third-order valence-corrected chi connectivity index (χ3v) is 4.04. The van der Waals surface area contributed by atoms with E-state index in [-0.39, 0.29) is 22.2 Å². The Bertz CT molecular complexity index is 750. The fraction of sp³-hybridized carbons (Fsp3) is 0.176. The lowest BCUT2D eigenvalue weighted by Gasteiger charge is -2.11. The van der Waals surface area contributed by atoms with E-state index >= 15 is 0 Å². The van der Waals surface area contributed by atoms with Gasteiger partial charge in [0.25, 0.3) is 11.8 Å². The van der Waals surface area contributed by atoms with Crippen molar-refractivity contribution in [3.05, 3.63) is 63.6 Å². The van der Waals surface area contributed by atoms with Crippen molar-refractivity contribution in [2.75, 3.05) is 6.61 Å². The van der Waals surface area contributed by atoms with Crippen LogP contribution in [0.15, 0.2) is 42.5 Å². The third kappa shape index (κ3) is 4.63. The summed E-state index contributed by atoms with van der Waals surface area (Å²) in [7, 11) is 0. The van der Waals surface area contributed by atoms with E-state index in [0.29, 0.717) is 5.75 Å². The standard InChI is InChI=1S/C17H16Cl2N2O3/c1-2-11-6-3-4-9-14(11)24-10-15(22)20-21-17(23)12-7-5-8-13(18)16(12)19/h3-9H,2,10H2,1H3,(H,20,22)(H,21,23). The third-order valence-electron chi connectivity index (χ3n) is 3.22. The molecule has 24 heavy (non-hydrogen) atoms. The van der Waals surface area contributed by atoms with Crippen LogP contribution in [0.5, 0.6) is 5.75 Å². The molecule has 0 aliphatic heterocycles. The summed E-state index contributed by atoms with van der Waals surface area (Å²) in [5, 5.41) is 0.384. The minimum Gasteiger partial charge on any atom is -0.483 e. The zero-order chi connectivity index (χ0) is 17.5. The van der Waals surface area contributed by atoms with Gasteiger partial charge in [-0.05, 0) is 30.2 Å². The number of halogens is 2. The second-order valence-electron chi connectivity index (χ2n) is 4.85. The molecule has 0 heterocycles. The van der Waals surface area contributed by atoms with Crippen LogP contribution in [0.2, 0.25) is 10.0 Å². The fourth-order valence-electron chi connectivity index (χ4n) is 1.99. The van der Waals surface area contributed by atoms with Crippen LogP contribution in [0.4, 0.5) is 0 Å². The molecular weight excluding hydrogens is 351 g/mol. The van der Waals surface area contributed by atoms with Crippen LogP contribution < -0.4 is 15.6 Å². The molecule has 2 rings (SSSR count). The average Bonchev–Trinajstić information content (AvgIpc) is 2.60. The molecule has 0 saturated heterocycles. The van der Waals surface area contributed by atoms with Crippen molar-refractivity contribution < 1.29 is 14.3 Å². The first-order chi connectivity index (χ1) is 11.5. The Morgan fingerprint density at radius 2 is 1.79 bits per heavy atom. The summed E-state index contributed by atoms with van der Waals surface area (Å²) in [5.41, 5.74) is 5.71. The Morgan fingerprint density at radius 3 is 2.54 bits per heavy atom. The predicted octanol–water partition coefficient (Wildman–Crippen LogP) is 3.40. The van der Waals surface area contributed by atoms with E-state index in [1.165, 1.54) is 6.07 Å². The van der Waals surface area contributed by atoms with Crippen molar-refractivity contribution in [1.82, 2.24) is 10.9 Å². The summed E-state index contributed by atoms with van der Waals surface area (Å²) < 4.78 is 5.46. The summed E-state index contributed by atoms with van der Waals surface area (Å²) in [5.74, 6) is -0.420. The fourth-order valence-corrected chi connectivity index (χ4v) is 2.38. The second kappa shape index (κ2) is 8.57. The van der Waals surface area contributed by atoms with Crippen LogP contribution in [-0.2, 0) is 11.2 Å². The minimum atomic E-state index is -0.565. The van der Waals surface area contributed by atoms with Gasteiger partial charge in [-0.3, -0.25) is 20.4 Å². The smallest absolute Gasteiger partial charge is 0.276 e. The Kier molecular flexibility index (Phi) is 6.46. The van der Waals surface area contributed by atoms with Gasteiger partial charge < -0.3 is 4.74 Å². The first-order valence-electron chi connectivity index (χ1n) is 7.26. The monoisotopic (exact) mass is 366 g/mol. The van der Waals surface area contributed by atoms with Crippen LogP contribution in [0, 0.1) is 0 Å². The summed E-state index contributed by atoms with van der Waals surface area (Å²) in [6, 6.07) is 12.1. The molecule has 0 fully saturated rings. The zero-order valence-corrected chi connectivity index (χ0v) is 14.4. The molecule has 126 valence electrons. The van der Waals surface area contributed by atoms with Gasteiger partial charge in [-0.15, -0.1) is 0 Å². The number of hydrogen-bond donors (Lipinski definition) is 2. The van der Waals surface area contributed by atoms with Crippen LogP contribution in [0.3, 0.4) is 0 Å². The molecule has 7 heteroatoms. The Morgan fingerprint density at radius 1 is 1.04 bits per heavy atom. The van der Waals surface area contributed by atoms with E-state index in [9.17, 15) is 9.59 Å². The van der Waals surface area contributed by atoms with E-state index in [1.807, 2.05) is 25.1 Å². The molecule has 0 atom stereocenters. The normalized spacial score (nSPS) is 10.1. The molecule has 0 bridgehead atoms. The van der Waals surface area contributed by atoms with E-state index in [0.717, 1.165) is 12.0 Å². The summed E-state index contributed by atoms with van der Waals surface area (Å²) in [6.07, 6.45) is 0.793. The van der Waals surface area contributed by atoms with Crippen molar-refractivity contribution >= 4 is 35.0 Å². The molecule has 0 aliphatic rings. The van der Waals surface area contributed by atoms with Gasteiger partial charge >= 0.3 is 0 Å².